The van der Waals surface area contributed by atoms with Crippen LogP contribution in [0, 0.1) is 0 Å². The topological polar surface area (TPSA) is 46.5 Å². The van der Waals surface area contributed by atoms with E-state index < -0.39 is 8.25 Å². The van der Waals surface area contributed by atoms with Crippen molar-refractivity contribution in [1.29, 1.82) is 0 Å². The first-order valence-electron chi connectivity index (χ1n) is 1.67. The molecule has 0 bridgehead atoms. The Labute approximate surface area is 72.5 Å². The standard InChI is InChI=1S/C3H5O3P.Na.H/c1-2-3-6-7(4)5;;/h2H,1,3H2;;/q;+1;-1/p+1. The monoisotopic (exact) mass is 145 g/mol. The van der Waals surface area contributed by atoms with Gasteiger partial charge in [0.15, 0.2) is 0 Å². The summed E-state index contributed by atoms with van der Waals surface area (Å²) in [7, 11) is -2.43. The van der Waals surface area contributed by atoms with Gasteiger partial charge in [0.2, 0.25) is 0 Å². The van der Waals surface area contributed by atoms with Crippen LogP contribution >= 0.6 is 8.25 Å². The van der Waals surface area contributed by atoms with Gasteiger partial charge in [-0.1, -0.05) is 6.08 Å². The summed E-state index contributed by atoms with van der Waals surface area (Å²) in [5.41, 5.74) is 0. The van der Waals surface area contributed by atoms with Crippen molar-refractivity contribution in [2.45, 2.75) is 0 Å². The van der Waals surface area contributed by atoms with Crippen LogP contribution in [0.25, 0.3) is 0 Å². The second kappa shape index (κ2) is 7.76. The molecule has 8 heavy (non-hydrogen) atoms. The van der Waals surface area contributed by atoms with E-state index in [9.17, 15) is 4.57 Å². The molecular formula is C3H7NaO3P+. The van der Waals surface area contributed by atoms with E-state index in [1.54, 1.807) is 0 Å². The van der Waals surface area contributed by atoms with Crippen LogP contribution in [0.5, 0.6) is 0 Å². The van der Waals surface area contributed by atoms with Gasteiger partial charge in [0, 0.05) is 4.57 Å². The predicted octanol–water partition coefficient (Wildman–Crippen LogP) is -2.04. The van der Waals surface area contributed by atoms with Crippen LogP contribution in [0.2, 0.25) is 0 Å². The van der Waals surface area contributed by atoms with Crippen LogP contribution in [-0.2, 0) is 9.09 Å². The summed E-state index contributed by atoms with van der Waals surface area (Å²) in [6.07, 6.45) is 1.41. The summed E-state index contributed by atoms with van der Waals surface area (Å²) in [5, 5.41) is 0. The Morgan fingerprint density at radius 2 is 2.50 bits per heavy atom. The first-order chi connectivity index (χ1) is 3.27. The zero-order valence-electron chi connectivity index (χ0n) is 5.70. The van der Waals surface area contributed by atoms with Crippen LogP contribution in [0.4, 0.5) is 0 Å². The molecule has 1 unspecified atom stereocenters. The van der Waals surface area contributed by atoms with Gasteiger partial charge in [0.1, 0.15) is 6.61 Å². The fourth-order valence-corrected chi connectivity index (χ4v) is 0.349. The number of hydrogen-bond donors (Lipinski definition) is 1. The molecule has 0 aliphatic rings. The van der Waals surface area contributed by atoms with Crippen LogP contribution in [0.15, 0.2) is 12.7 Å². The second-order valence-corrected chi connectivity index (χ2v) is 1.56. The molecule has 0 aliphatic heterocycles. The van der Waals surface area contributed by atoms with Crippen LogP contribution in [0.3, 0.4) is 0 Å². The fourth-order valence-electron chi connectivity index (χ4n) is 0.116. The number of hydrogen-bond acceptors (Lipinski definition) is 2. The third-order valence-electron chi connectivity index (χ3n) is 0.303. The first kappa shape index (κ1) is 11.5. The van der Waals surface area contributed by atoms with E-state index in [0.717, 1.165) is 0 Å². The molecule has 1 N–H and O–H groups in total. The summed E-state index contributed by atoms with van der Waals surface area (Å²) in [6, 6.07) is 0. The van der Waals surface area contributed by atoms with Crippen molar-refractivity contribution in [2.75, 3.05) is 6.61 Å². The van der Waals surface area contributed by atoms with E-state index in [1.165, 1.54) is 6.08 Å². The average molecular weight is 145 g/mol. The predicted molar refractivity (Wildman–Crippen MR) is 27.1 cm³/mol. The van der Waals surface area contributed by atoms with Crippen molar-refractivity contribution in [3.63, 3.8) is 0 Å². The Kier molecular flexibility index (Phi) is 11.2. The van der Waals surface area contributed by atoms with Crippen LogP contribution < -0.4 is 29.6 Å². The van der Waals surface area contributed by atoms with Gasteiger partial charge in [0.05, 0.1) is 0 Å². The molecule has 0 rings (SSSR count). The van der Waals surface area contributed by atoms with E-state index in [4.69, 9.17) is 4.89 Å². The second-order valence-electron chi connectivity index (χ2n) is 0.822. The van der Waals surface area contributed by atoms with E-state index in [2.05, 4.69) is 11.1 Å². The SMILES string of the molecule is C=CCO[P+](=O)O.[H-].[Na+]. The molecular weight excluding hydrogens is 138 g/mol. The minimum absolute atomic E-state index is 0. The van der Waals surface area contributed by atoms with Gasteiger partial charge in [-0.25, -0.2) is 0 Å². The summed E-state index contributed by atoms with van der Waals surface area (Å²) < 4.78 is 13.8. The third kappa shape index (κ3) is 9.90. The first-order valence-corrected chi connectivity index (χ1v) is 2.80. The molecule has 3 nitrogen and oxygen atoms in total. The molecule has 0 saturated heterocycles. The molecule has 0 spiro atoms. The molecule has 0 heterocycles. The van der Waals surface area contributed by atoms with Crippen molar-refractivity contribution in [2.24, 2.45) is 0 Å². The normalized spacial score (nSPS) is 9.38. The molecule has 0 saturated carbocycles. The summed E-state index contributed by atoms with van der Waals surface area (Å²) in [5.74, 6) is 0. The summed E-state index contributed by atoms with van der Waals surface area (Å²) in [4.78, 5) is 7.92. The molecule has 0 aromatic rings. The molecule has 5 heteroatoms. The Morgan fingerprint density at radius 3 is 2.62 bits per heavy atom. The third-order valence-corrected chi connectivity index (χ3v) is 0.673. The van der Waals surface area contributed by atoms with Gasteiger partial charge >= 0.3 is 37.8 Å². The Morgan fingerprint density at radius 1 is 2.00 bits per heavy atom. The van der Waals surface area contributed by atoms with E-state index >= 15 is 0 Å². The molecule has 1 atom stereocenters. The van der Waals surface area contributed by atoms with Crippen molar-refractivity contribution in [3.8, 4) is 0 Å². The zero-order valence-corrected chi connectivity index (χ0v) is 7.60. The molecule has 0 amide bonds. The van der Waals surface area contributed by atoms with E-state index in [0.29, 0.717) is 0 Å². The van der Waals surface area contributed by atoms with Gasteiger partial charge < -0.3 is 1.43 Å². The van der Waals surface area contributed by atoms with Gasteiger partial charge in [0.25, 0.3) is 0 Å². The molecule has 0 radical (unpaired) electrons. The van der Waals surface area contributed by atoms with Crippen molar-refractivity contribution >= 4 is 8.25 Å². The van der Waals surface area contributed by atoms with E-state index in [1.807, 2.05) is 0 Å². The minimum atomic E-state index is -2.43. The molecule has 42 valence electrons. The average Bonchev–Trinajstić information content (AvgIpc) is 1.61. The van der Waals surface area contributed by atoms with Crippen molar-refractivity contribution in [1.82, 2.24) is 0 Å². The maximum Gasteiger partial charge on any atom is 1.00 e. The van der Waals surface area contributed by atoms with Gasteiger partial charge in [-0.05, 0) is 0 Å². The van der Waals surface area contributed by atoms with Gasteiger partial charge in [-0.15, -0.1) is 16.0 Å². The van der Waals surface area contributed by atoms with Gasteiger partial charge in [-0.2, -0.15) is 0 Å². The zero-order chi connectivity index (χ0) is 5.70. The molecule has 0 fully saturated rings. The van der Waals surface area contributed by atoms with Crippen molar-refractivity contribution in [3.05, 3.63) is 12.7 Å². The number of rotatable bonds is 3. The summed E-state index contributed by atoms with van der Waals surface area (Å²) in [6.45, 7) is 3.40. The Bertz CT molecular complexity index is 89.1. The smallest absolute Gasteiger partial charge is 1.00 e. The van der Waals surface area contributed by atoms with Crippen LogP contribution in [0.1, 0.15) is 1.43 Å². The Balaban J connectivity index is -0.000000180. The largest absolute Gasteiger partial charge is 1.00 e. The minimum Gasteiger partial charge on any atom is -1.00 e. The van der Waals surface area contributed by atoms with Gasteiger partial charge in [-0.3, -0.25) is 0 Å². The summed E-state index contributed by atoms with van der Waals surface area (Å²) >= 11 is 0. The molecule has 0 aromatic heterocycles. The van der Waals surface area contributed by atoms with E-state index in [-0.39, 0.29) is 37.6 Å². The molecule has 0 aromatic carbocycles. The van der Waals surface area contributed by atoms with Crippen molar-refractivity contribution < 1.29 is 45.0 Å². The fraction of sp³-hybridized carbons (Fsp3) is 0.333. The molecule has 0 aliphatic carbocycles. The maximum absolute atomic E-state index is 9.64. The van der Waals surface area contributed by atoms with Crippen LogP contribution in [-0.4, -0.2) is 11.5 Å². The maximum atomic E-state index is 9.64. The Hall–Kier alpha value is 0.760. The quantitative estimate of drug-likeness (QED) is 0.282.